The highest BCUT2D eigenvalue weighted by Gasteiger charge is 2.33. The number of rotatable bonds is 5. The third-order valence-corrected chi connectivity index (χ3v) is 2.78. The van der Waals surface area contributed by atoms with Gasteiger partial charge in [0, 0.05) is 26.7 Å². The van der Waals surface area contributed by atoms with Crippen LogP contribution in [0.15, 0.2) is 0 Å². The molecule has 2 atom stereocenters. The van der Waals surface area contributed by atoms with Crippen LogP contribution in [0.4, 0.5) is 17.8 Å². The van der Waals surface area contributed by atoms with Crippen molar-refractivity contribution in [2.45, 2.75) is 26.3 Å². The summed E-state index contributed by atoms with van der Waals surface area (Å²) in [6, 6.07) is 0.516. The smallest absolute Gasteiger partial charge is 0.231 e. The molecule has 0 saturated heterocycles. The second-order valence-corrected chi connectivity index (χ2v) is 4.67. The van der Waals surface area contributed by atoms with Crippen LogP contribution in [-0.4, -0.2) is 41.6 Å². The zero-order valence-electron chi connectivity index (χ0n) is 10.9. The molecule has 0 aliphatic heterocycles. The Kier molecular flexibility index (Phi) is 3.31. The minimum atomic E-state index is 0.516. The molecule has 1 saturated carbocycles. The lowest BCUT2D eigenvalue weighted by atomic mass is 10.5. The van der Waals surface area contributed by atoms with Gasteiger partial charge in [0.2, 0.25) is 17.8 Å². The molecule has 6 heteroatoms. The lowest BCUT2D eigenvalue weighted by molar-refractivity contribution is 0.895. The summed E-state index contributed by atoms with van der Waals surface area (Å²) in [6.45, 7) is 5.04. The summed E-state index contributed by atoms with van der Waals surface area (Å²) in [6.07, 6.45) is 1.19. The van der Waals surface area contributed by atoms with Crippen molar-refractivity contribution < 1.29 is 0 Å². The third-order valence-electron chi connectivity index (χ3n) is 2.78. The van der Waals surface area contributed by atoms with Crippen LogP contribution < -0.4 is 15.5 Å². The molecule has 6 nitrogen and oxygen atoms in total. The Hall–Kier alpha value is -1.59. The molecule has 0 amide bonds. The third kappa shape index (κ3) is 2.95. The van der Waals surface area contributed by atoms with Crippen molar-refractivity contribution in [3.8, 4) is 0 Å². The average molecular weight is 236 g/mol. The molecule has 2 rings (SSSR count). The molecule has 2 unspecified atom stereocenters. The van der Waals surface area contributed by atoms with Gasteiger partial charge in [-0.25, -0.2) is 0 Å². The van der Waals surface area contributed by atoms with Gasteiger partial charge >= 0.3 is 0 Å². The molecule has 1 aromatic heterocycles. The van der Waals surface area contributed by atoms with Gasteiger partial charge in [0.1, 0.15) is 0 Å². The largest absolute Gasteiger partial charge is 0.354 e. The number of nitrogens with one attached hydrogen (secondary N) is 2. The van der Waals surface area contributed by atoms with Crippen LogP contribution in [0.5, 0.6) is 0 Å². The van der Waals surface area contributed by atoms with E-state index in [4.69, 9.17) is 0 Å². The SMILES string of the molecule is CCNc1nc(NC2CC2C)nc(N(C)C)n1. The summed E-state index contributed by atoms with van der Waals surface area (Å²) in [5.41, 5.74) is 0. The molecule has 0 aromatic carbocycles. The maximum atomic E-state index is 4.38. The van der Waals surface area contributed by atoms with Crippen LogP contribution in [0.1, 0.15) is 20.3 Å². The summed E-state index contributed by atoms with van der Waals surface area (Å²) in [5.74, 6) is 2.68. The van der Waals surface area contributed by atoms with Crippen LogP contribution in [0.2, 0.25) is 0 Å². The van der Waals surface area contributed by atoms with E-state index in [1.54, 1.807) is 0 Å². The van der Waals surface area contributed by atoms with Gasteiger partial charge in [-0.15, -0.1) is 0 Å². The van der Waals surface area contributed by atoms with Crippen LogP contribution >= 0.6 is 0 Å². The molecule has 94 valence electrons. The minimum absolute atomic E-state index is 0.516. The minimum Gasteiger partial charge on any atom is -0.354 e. The molecule has 0 bridgehead atoms. The maximum absolute atomic E-state index is 4.38. The topological polar surface area (TPSA) is 66.0 Å². The average Bonchev–Trinajstić information content (AvgIpc) is 2.94. The van der Waals surface area contributed by atoms with Crippen LogP contribution in [0, 0.1) is 5.92 Å². The van der Waals surface area contributed by atoms with Gasteiger partial charge in [0.05, 0.1) is 0 Å². The fourth-order valence-corrected chi connectivity index (χ4v) is 1.56. The van der Waals surface area contributed by atoms with Crippen molar-refractivity contribution in [1.29, 1.82) is 0 Å². The van der Waals surface area contributed by atoms with E-state index in [0.29, 0.717) is 23.9 Å². The van der Waals surface area contributed by atoms with Crippen molar-refractivity contribution in [3.63, 3.8) is 0 Å². The Morgan fingerprint density at radius 2 is 1.88 bits per heavy atom. The van der Waals surface area contributed by atoms with Crippen LogP contribution in [-0.2, 0) is 0 Å². The number of nitrogens with zero attached hydrogens (tertiary/aromatic N) is 4. The Labute approximate surface area is 102 Å². The molecule has 2 N–H and O–H groups in total. The van der Waals surface area contributed by atoms with Crippen molar-refractivity contribution >= 4 is 17.8 Å². The van der Waals surface area contributed by atoms with Crippen molar-refractivity contribution in [3.05, 3.63) is 0 Å². The molecular weight excluding hydrogens is 216 g/mol. The van der Waals surface area contributed by atoms with Gasteiger partial charge in [-0.3, -0.25) is 0 Å². The van der Waals surface area contributed by atoms with Crippen molar-refractivity contribution in [1.82, 2.24) is 15.0 Å². The summed E-state index contributed by atoms with van der Waals surface area (Å²) in [5, 5.41) is 6.45. The zero-order valence-corrected chi connectivity index (χ0v) is 10.9. The van der Waals surface area contributed by atoms with Gasteiger partial charge in [0.25, 0.3) is 0 Å². The first-order valence-corrected chi connectivity index (χ1v) is 6.04. The number of anilines is 3. The Balaban J connectivity index is 2.17. The van der Waals surface area contributed by atoms with Gasteiger partial charge < -0.3 is 15.5 Å². The molecule has 1 aromatic rings. The predicted molar refractivity (Wildman–Crippen MR) is 69.5 cm³/mol. The number of hydrogen-bond acceptors (Lipinski definition) is 6. The molecule has 0 radical (unpaired) electrons. The molecule has 1 heterocycles. The quantitative estimate of drug-likeness (QED) is 0.800. The highest BCUT2D eigenvalue weighted by molar-refractivity contribution is 5.44. The molecular formula is C11H20N6. The summed E-state index contributed by atoms with van der Waals surface area (Å²) in [7, 11) is 3.85. The van der Waals surface area contributed by atoms with E-state index in [2.05, 4.69) is 32.5 Å². The molecule has 0 spiro atoms. The number of aromatic nitrogens is 3. The first kappa shape index (κ1) is 11.9. The van der Waals surface area contributed by atoms with E-state index in [-0.39, 0.29) is 0 Å². The standard InChI is InChI=1S/C11H20N6/c1-5-12-9-14-10(13-8-6-7(8)2)16-11(15-9)17(3)4/h7-8H,5-6H2,1-4H3,(H2,12,13,14,15,16). The fourth-order valence-electron chi connectivity index (χ4n) is 1.56. The van der Waals surface area contributed by atoms with Crippen LogP contribution in [0.25, 0.3) is 0 Å². The maximum Gasteiger partial charge on any atom is 0.231 e. The van der Waals surface area contributed by atoms with Gasteiger partial charge in [-0.1, -0.05) is 6.92 Å². The molecule has 17 heavy (non-hydrogen) atoms. The normalized spacial score (nSPS) is 22.1. The Morgan fingerprint density at radius 1 is 1.24 bits per heavy atom. The molecule has 1 aliphatic rings. The zero-order chi connectivity index (χ0) is 12.4. The van der Waals surface area contributed by atoms with E-state index in [9.17, 15) is 0 Å². The first-order chi connectivity index (χ1) is 8.10. The molecule has 1 fully saturated rings. The lowest BCUT2D eigenvalue weighted by Gasteiger charge is -2.13. The van der Waals surface area contributed by atoms with Gasteiger partial charge in [0.15, 0.2) is 0 Å². The second kappa shape index (κ2) is 4.73. The van der Waals surface area contributed by atoms with Crippen molar-refractivity contribution in [2.75, 3.05) is 36.2 Å². The summed E-state index contributed by atoms with van der Waals surface area (Å²) in [4.78, 5) is 14.9. The van der Waals surface area contributed by atoms with E-state index in [1.165, 1.54) is 6.42 Å². The lowest BCUT2D eigenvalue weighted by Crippen LogP contribution is -2.18. The van der Waals surface area contributed by atoms with E-state index < -0.39 is 0 Å². The van der Waals surface area contributed by atoms with Gasteiger partial charge in [-0.2, -0.15) is 15.0 Å². The van der Waals surface area contributed by atoms with Gasteiger partial charge in [-0.05, 0) is 19.3 Å². The van der Waals surface area contributed by atoms with Crippen LogP contribution in [0.3, 0.4) is 0 Å². The Morgan fingerprint density at radius 3 is 2.41 bits per heavy atom. The van der Waals surface area contributed by atoms with E-state index in [1.807, 2.05) is 25.9 Å². The monoisotopic (exact) mass is 236 g/mol. The van der Waals surface area contributed by atoms with Crippen molar-refractivity contribution in [2.24, 2.45) is 5.92 Å². The summed E-state index contributed by atoms with van der Waals surface area (Å²) < 4.78 is 0. The molecule has 1 aliphatic carbocycles. The second-order valence-electron chi connectivity index (χ2n) is 4.67. The van der Waals surface area contributed by atoms with E-state index in [0.717, 1.165) is 12.5 Å². The predicted octanol–water partition coefficient (Wildman–Crippen LogP) is 1.19. The summed E-state index contributed by atoms with van der Waals surface area (Å²) >= 11 is 0. The highest BCUT2D eigenvalue weighted by Crippen LogP contribution is 2.32. The van der Waals surface area contributed by atoms with E-state index >= 15 is 0 Å². The first-order valence-electron chi connectivity index (χ1n) is 6.04. The highest BCUT2D eigenvalue weighted by atomic mass is 15.3. The number of hydrogen-bond donors (Lipinski definition) is 2. The fraction of sp³-hybridized carbons (Fsp3) is 0.727. The Bertz CT molecular complexity index is 392.